The van der Waals surface area contributed by atoms with Gasteiger partial charge < -0.3 is 5.11 Å². The molecule has 0 radical (unpaired) electrons. The van der Waals surface area contributed by atoms with Gasteiger partial charge in [-0.1, -0.05) is 34.6 Å². The first kappa shape index (κ1) is 13.6. The molecule has 0 unspecified atom stereocenters. The minimum absolute atomic E-state index is 0.0284. The highest BCUT2D eigenvalue weighted by molar-refractivity contribution is 5.68. The normalized spacial score (nSPS) is 12.5. The summed E-state index contributed by atoms with van der Waals surface area (Å²) in [4.78, 5) is 19.5. The van der Waals surface area contributed by atoms with Gasteiger partial charge in [0.15, 0.2) is 0 Å². The third-order valence-electron chi connectivity index (χ3n) is 2.62. The fraction of sp³-hybridized carbons (Fsp3) is 0.615. The van der Waals surface area contributed by atoms with E-state index in [4.69, 9.17) is 5.11 Å². The van der Waals surface area contributed by atoms with Crippen molar-refractivity contribution < 1.29 is 9.90 Å². The highest BCUT2D eigenvalue weighted by Gasteiger charge is 2.28. The number of nitrogens with zero attached hydrogens (tertiary/aromatic N) is 2. The predicted molar refractivity (Wildman–Crippen MR) is 66.0 cm³/mol. The molecule has 17 heavy (non-hydrogen) atoms. The number of hydrogen-bond donors (Lipinski definition) is 1. The second-order valence-corrected chi connectivity index (χ2v) is 5.97. The van der Waals surface area contributed by atoms with Crippen LogP contribution in [0.3, 0.4) is 0 Å². The molecular weight excluding hydrogens is 216 g/mol. The fourth-order valence-electron chi connectivity index (χ4n) is 1.56. The van der Waals surface area contributed by atoms with Crippen LogP contribution in [0, 0.1) is 0 Å². The Bertz CT molecular complexity index is 420. The number of hydrogen-bond acceptors (Lipinski definition) is 3. The quantitative estimate of drug-likeness (QED) is 0.876. The number of aromatic nitrogens is 2. The molecule has 0 aliphatic carbocycles. The van der Waals surface area contributed by atoms with E-state index in [-0.39, 0.29) is 11.8 Å². The van der Waals surface area contributed by atoms with Crippen LogP contribution in [0.2, 0.25) is 0 Å². The highest BCUT2D eigenvalue weighted by Crippen LogP contribution is 2.26. The van der Waals surface area contributed by atoms with E-state index in [9.17, 15) is 4.79 Å². The van der Waals surface area contributed by atoms with Crippen molar-refractivity contribution >= 4 is 5.97 Å². The van der Waals surface area contributed by atoms with Crippen LogP contribution in [0.5, 0.6) is 0 Å². The molecular formula is C13H20N2O2. The van der Waals surface area contributed by atoms with Crippen molar-refractivity contribution in [2.24, 2.45) is 0 Å². The Morgan fingerprint density at radius 3 is 2.35 bits per heavy atom. The molecule has 4 heteroatoms. The van der Waals surface area contributed by atoms with E-state index in [1.807, 2.05) is 19.9 Å². The zero-order chi connectivity index (χ0) is 13.3. The summed E-state index contributed by atoms with van der Waals surface area (Å²) in [6.07, 6.45) is 1.73. The molecule has 0 bridgehead atoms. The first-order valence-electron chi connectivity index (χ1n) is 5.69. The average Bonchev–Trinajstić information content (AvgIpc) is 2.14. The van der Waals surface area contributed by atoms with Crippen molar-refractivity contribution in [1.29, 1.82) is 0 Å². The lowest BCUT2D eigenvalue weighted by molar-refractivity contribution is -0.138. The van der Waals surface area contributed by atoms with E-state index < -0.39 is 11.4 Å². The minimum Gasteiger partial charge on any atom is -0.481 e. The van der Waals surface area contributed by atoms with E-state index in [2.05, 4.69) is 30.7 Å². The minimum atomic E-state index is -0.834. The Balaban J connectivity index is 3.11. The Hall–Kier alpha value is -1.45. The van der Waals surface area contributed by atoms with Crippen LogP contribution in [0.4, 0.5) is 0 Å². The predicted octanol–water partition coefficient (Wildman–Crippen LogP) is 2.53. The number of carbonyl (C=O) groups is 1. The Kier molecular flexibility index (Phi) is 3.55. The van der Waals surface area contributed by atoms with Crippen molar-refractivity contribution in [3.63, 3.8) is 0 Å². The lowest BCUT2D eigenvalue weighted by Gasteiger charge is -2.24. The van der Waals surface area contributed by atoms with Crippen molar-refractivity contribution in [2.45, 2.75) is 51.9 Å². The Labute approximate surface area is 102 Å². The summed E-state index contributed by atoms with van der Waals surface area (Å²) in [7, 11) is 0. The van der Waals surface area contributed by atoms with Gasteiger partial charge in [-0.25, -0.2) is 9.97 Å². The van der Waals surface area contributed by atoms with Crippen LogP contribution < -0.4 is 0 Å². The molecule has 94 valence electrons. The van der Waals surface area contributed by atoms with E-state index in [0.29, 0.717) is 5.82 Å². The van der Waals surface area contributed by atoms with Crippen molar-refractivity contribution in [3.05, 3.63) is 23.8 Å². The molecule has 0 amide bonds. The molecule has 1 aromatic heterocycles. The Morgan fingerprint density at radius 1 is 1.29 bits per heavy atom. The second-order valence-electron chi connectivity index (χ2n) is 5.97. The van der Waals surface area contributed by atoms with E-state index in [1.165, 1.54) is 0 Å². The second kappa shape index (κ2) is 4.43. The average molecular weight is 236 g/mol. The first-order valence-corrected chi connectivity index (χ1v) is 5.69. The molecule has 0 spiro atoms. The molecule has 1 heterocycles. The number of aliphatic carboxylic acids is 1. The van der Waals surface area contributed by atoms with Crippen molar-refractivity contribution in [2.75, 3.05) is 0 Å². The van der Waals surface area contributed by atoms with Gasteiger partial charge in [0.1, 0.15) is 5.82 Å². The maximum atomic E-state index is 10.8. The molecule has 4 nitrogen and oxygen atoms in total. The van der Waals surface area contributed by atoms with E-state index >= 15 is 0 Å². The number of rotatable bonds is 3. The van der Waals surface area contributed by atoms with Crippen LogP contribution in [0.15, 0.2) is 12.3 Å². The third-order valence-corrected chi connectivity index (χ3v) is 2.62. The van der Waals surface area contributed by atoms with Crippen LogP contribution in [0.1, 0.15) is 52.6 Å². The topological polar surface area (TPSA) is 63.1 Å². The summed E-state index contributed by atoms with van der Waals surface area (Å²) < 4.78 is 0. The van der Waals surface area contributed by atoms with E-state index in [0.717, 1.165) is 5.69 Å². The van der Waals surface area contributed by atoms with Gasteiger partial charge in [-0.05, 0) is 6.07 Å². The smallest absolute Gasteiger partial charge is 0.304 e. The maximum absolute atomic E-state index is 10.8. The summed E-state index contributed by atoms with van der Waals surface area (Å²) in [6.45, 7) is 9.92. The molecule has 0 aromatic carbocycles. The zero-order valence-electron chi connectivity index (χ0n) is 11.1. The van der Waals surface area contributed by atoms with Crippen LogP contribution in [0.25, 0.3) is 0 Å². The van der Waals surface area contributed by atoms with Gasteiger partial charge in [0, 0.05) is 22.7 Å². The van der Waals surface area contributed by atoms with Crippen molar-refractivity contribution in [3.8, 4) is 0 Å². The van der Waals surface area contributed by atoms with Gasteiger partial charge in [0.05, 0.1) is 6.42 Å². The summed E-state index contributed by atoms with van der Waals surface area (Å²) in [5, 5.41) is 8.88. The fourth-order valence-corrected chi connectivity index (χ4v) is 1.56. The largest absolute Gasteiger partial charge is 0.481 e. The molecule has 0 atom stereocenters. The lowest BCUT2D eigenvalue weighted by atomic mass is 9.87. The highest BCUT2D eigenvalue weighted by atomic mass is 16.4. The molecule has 0 aliphatic heterocycles. The van der Waals surface area contributed by atoms with Crippen LogP contribution in [-0.2, 0) is 15.6 Å². The van der Waals surface area contributed by atoms with Crippen LogP contribution >= 0.6 is 0 Å². The summed E-state index contributed by atoms with van der Waals surface area (Å²) >= 11 is 0. The van der Waals surface area contributed by atoms with Gasteiger partial charge >= 0.3 is 5.97 Å². The Morgan fingerprint density at radius 2 is 1.88 bits per heavy atom. The summed E-state index contributed by atoms with van der Waals surface area (Å²) in [6, 6.07) is 1.88. The molecule has 1 aromatic rings. The lowest BCUT2D eigenvalue weighted by Crippen LogP contribution is -2.26. The van der Waals surface area contributed by atoms with E-state index in [1.54, 1.807) is 6.20 Å². The van der Waals surface area contributed by atoms with Gasteiger partial charge in [-0.15, -0.1) is 0 Å². The molecule has 1 rings (SSSR count). The monoisotopic (exact) mass is 236 g/mol. The zero-order valence-corrected chi connectivity index (χ0v) is 11.1. The number of carboxylic acids is 1. The maximum Gasteiger partial charge on any atom is 0.304 e. The third kappa shape index (κ3) is 3.51. The number of carboxylic acid groups (broad SMARTS) is 1. The van der Waals surface area contributed by atoms with Crippen LogP contribution in [-0.4, -0.2) is 21.0 Å². The standard InChI is InChI=1S/C13H20N2O2/c1-12(2,3)9-6-7-14-11(15-9)13(4,5)8-10(16)17/h6-7H,8H2,1-5H3,(H,16,17). The first-order chi connectivity index (χ1) is 7.63. The molecule has 0 saturated heterocycles. The molecule has 1 N–H and O–H groups in total. The van der Waals surface area contributed by atoms with Crippen molar-refractivity contribution in [1.82, 2.24) is 9.97 Å². The van der Waals surface area contributed by atoms with Gasteiger partial charge in [0.2, 0.25) is 0 Å². The SMILES string of the molecule is CC(C)(C)c1ccnc(C(C)(C)CC(=O)O)n1. The van der Waals surface area contributed by atoms with Gasteiger partial charge in [0.25, 0.3) is 0 Å². The molecule has 0 aliphatic rings. The summed E-state index contributed by atoms with van der Waals surface area (Å²) in [5.74, 6) is -0.243. The molecule has 0 saturated carbocycles. The summed E-state index contributed by atoms with van der Waals surface area (Å²) in [5.41, 5.74) is 0.324. The van der Waals surface area contributed by atoms with Gasteiger partial charge in [-0.2, -0.15) is 0 Å². The van der Waals surface area contributed by atoms with Gasteiger partial charge in [-0.3, -0.25) is 4.79 Å². The molecule has 0 fully saturated rings.